The smallest absolute Gasteiger partial charge is 0.240 e. The molecular weight excluding hydrogens is 272 g/mol. The van der Waals surface area contributed by atoms with E-state index in [1.807, 2.05) is 0 Å². The zero-order valence-corrected chi connectivity index (χ0v) is 12.6. The Morgan fingerprint density at radius 1 is 1.30 bits per heavy atom. The molecule has 0 aromatic heterocycles. The van der Waals surface area contributed by atoms with E-state index in [1.54, 1.807) is 25.1 Å². The first-order chi connectivity index (χ1) is 9.45. The average Bonchev–Trinajstić information content (AvgIpc) is 2.98. The SMILES string of the molecule is Cc1cc(N)ccc1S(=O)(=O)NCC1CC2CCC1C2. The molecule has 110 valence electrons. The van der Waals surface area contributed by atoms with Crippen molar-refractivity contribution in [2.45, 2.75) is 37.5 Å². The fraction of sp³-hybridized carbons (Fsp3) is 0.600. The first kappa shape index (κ1) is 13.9. The Bertz CT molecular complexity index is 612. The molecule has 0 amide bonds. The van der Waals surface area contributed by atoms with E-state index in [1.165, 1.54) is 25.7 Å². The largest absolute Gasteiger partial charge is 0.399 e. The number of nitrogens with one attached hydrogen (secondary N) is 1. The Kier molecular flexibility index (Phi) is 3.50. The molecule has 2 bridgehead atoms. The zero-order valence-electron chi connectivity index (χ0n) is 11.8. The van der Waals surface area contributed by atoms with Gasteiger partial charge >= 0.3 is 0 Å². The van der Waals surface area contributed by atoms with Crippen LogP contribution in [0.1, 0.15) is 31.2 Å². The highest BCUT2D eigenvalue weighted by atomic mass is 32.2. The van der Waals surface area contributed by atoms with Crippen molar-refractivity contribution in [1.82, 2.24) is 4.72 Å². The quantitative estimate of drug-likeness (QED) is 0.837. The molecule has 5 heteroatoms. The summed E-state index contributed by atoms with van der Waals surface area (Å²) in [6, 6.07) is 4.93. The number of rotatable bonds is 4. The second kappa shape index (κ2) is 5.04. The van der Waals surface area contributed by atoms with Crippen LogP contribution in [0.3, 0.4) is 0 Å². The lowest BCUT2D eigenvalue weighted by atomic mass is 9.89. The lowest BCUT2D eigenvalue weighted by Crippen LogP contribution is -2.32. The molecule has 4 nitrogen and oxygen atoms in total. The summed E-state index contributed by atoms with van der Waals surface area (Å²) >= 11 is 0. The van der Waals surface area contributed by atoms with Crippen molar-refractivity contribution >= 4 is 15.7 Å². The summed E-state index contributed by atoms with van der Waals surface area (Å²) in [6.45, 7) is 2.36. The van der Waals surface area contributed by atoms with Crippen LogP contribution < -0.4 is 10.5 Å². The molecule has 3 atom stereocenters. The first-order valence-corrected chi connectivity index (χ1v) is 8.80. The fourth-order valence-electron chi connectivity index (χ4n) is 3.90. The zero-order chi connectivity index (χ0) is 14.3. The highest BCUT2D eigenvalue weighted by molar-refractivity contribution is 7.89. The number of anilines is 1. The van der Waals surface area contributed by atoms with Gasteiger partial charge in [0.25, 0.3) is 0 Å². The number of nitrogen functional groups attached to an aromatic ring is 1. The van der Waals surface area contributed by atoms with Crippen LogP contribution in [0.15, 0.2) is 23.1 Å². The molecule has 3 N–H and O–H groups in total. The third-order valence-corrected chi connectivity index (χ3v) is 6.49. The molecule has 0 heterocycles. The summed E-state index contributed by atoms with van der Waals surface area (Å²) in [5.41, 5.74) is 6.96. The molecule has 0 spiro atoms. The Morgan fingerprint density at radius 2 is 2.10 bits per heavy atom. The van der Waals surface area contributed by atoms with Crippen LogP contribution in [0.4, 0.5) is 5.69 Å². The average molecular weight is 294 g/mol. The molecule has 3 unspecified atom stereocenters. The van der Waals surface area contributed by atoms with Crippen molar-refractivity contribution in [3.63, 3.8) is 0 Å². The van der Waals surface area contributed by atoms with E-state index in [0.717, 1.165) is 11.8 Å². The van der Waals surface area contributed by atoms with E-state index < -0.39 is 10.0 Å². The predicted octanol–water partition coefficient (Wildman–Crippen LogP) is 2.29. The van der Waals surface area contributed by atoms with Crippen molar-refractivity contribution in [1.29, 1.82) is 0 Å². The molecule has 0 radical (unpaired) electrons. The number of nitrogens with two attached hydrogens (primary N) is 1. The van der Waals surface area contributed by atoms with E-state index in [4.69, 9.17) is 5.73 Å². The lowest BCUT2D eigenvalue weighted by Gasteiger charge is -2.22. The molecule has 2 saturated carbocycles. The Morgan fingerprint density at radius 3 is 2.70 bits per heavy atom. The van der Waals surface area contributed by atoms with Crippen LogP contribution >= 0.6 is 0 Å². The summed E-state index contributed by atoms with van der Waals surface area (Å²) in [5, 5.41) is 0. The Hall–Kier alpha value is -1.07. The van der Waals surface area contributed by atoms with Gasteiger partial charge in [0.05, 0.1) is 4.90 Å². The molecule has 3 rings (SSSR count). The highest BCUT2D eigenvalue weighted by Crippen LogP contribution is 2.48. The van der Waals surface area contributed by atoms with E-state index in [9.17, 15) is 8.42 Å². The second-order valence-corrected chi connectivity index (χ2v) is 8.05. The normalized spacial score (nSPS) is 28.9. The molecular formula is C15H22N2O2S. The standard InChI is InChI=1S/C15H22N2O2S/c1-10-6-14(16)4-5-15(10)20(18,19)17-9-13-8-11-2-3-12(13)7-11/h4-6,11-13,17H,2-3,7-9,16H2,1H3. The van der Waals surface area contributed by atoms with Crippen molar-refractivity contribution in [2.75, 3.05) is 12.3 Å². The summed E-state index contributed by atoms with van der Waals surface area (Å²) < 4.78 is 27.5. The number of hydrogen-bond acceptors (Lipinski definition) is 3. The van der Waals surface area contributed by atoms with Gasteiger partial charge in [0, 0.05) is 12.2 Å². The summed E-state index contributed by atoms with van der Waals surface area (Å²) in [6.07, 6.45) is 5.10. The maximum atomic E-state index is 12.4. The number of benzene rings is 1. The van der Waals surface area contributed by atoms with Crippen molar-refractivity contribution < 1.29 is 8.42 Å². The van der Waals surface area contributed by atoms with Gasteiger partial charge in [-0.05, 0) is 67.7 Å². The molecule has 0 saturated heterocycles. The third-order valence-electron chi connectivity index (χ3n) is 4.91. The maximum absolute atomic E-state index is 12.4. The molecule has 1 aromatic carbocycles. The van der Waals surface area contributed by atoms with Gasteiger partial charge < -0.3 is 5.73 Å². The van der Waals surface area contributed by atoms with Crippen molar-refractivity contribution in [3.05, 3.63) is 23.8 Å². The van der Waals surface area contributed by atoms with Gasteiger partial charge in [0.2, 0.25) is 10.0 Å². The topological polar surface area (TPSA) is 72.2 Å². The molecule has 2 fully saturated rings. The maximum Gasteiger partial charge on any atom is 0.240 e. The highest BCUT2D eigenvalue weighted by Gasteiger charge is 2.39. The van der Waals surface area contributed by atoms with Gasteiger partial charge in [-0.1, -0.05) is 6.42 Å². The van der Waals surface area contributed by atoms with Crippen LogP contribution in [0.5, 0.6) is 0 Å². The fourth-order valence-corrected chi connectivity index (χ4v) is 5.21. The van der Waals surface area contributed by atoms with E-state index in [0.29, 0.717) is 28.6 Å². The minimum Gasteiger partial charge on any atom is -0.399 e. The molecule has 1 aromatic rings. The van der Waals surface area contributed by atoms with Gasteiger partial charge in [-0.25, -0.2) is 13.1 Å². The number of aryl methyl sites for hydroxylation is 1. The van der Waals surface area contributed by atoms with Crippen LogP contribution in [0.2, 0.25) is 0 Å². The van der Waals surface area contributed by atoms with Gasteiger partial charge in [-0.3, -0.25) is 0 Å². The van der Waals surface area contributed by atoms with Crippen molar-refractivity contribution in [3.8, 4) is 0 Å². The predicted molar refractivity (Wildman–Crippen MR) is 79.7 cm³/mol. The molecule has 2 aliphatic carbocycles. The van der Waals surface area contributed by atoms with E-state index in [-0.39, 0.29) is 0 Å². The van der Waals surface area contributed by atoms with Crippen LogP contribution in [0, 0.1) is 24.7 Å². The van der Waals surface area contributed by atoms with Gasteiger partial charge in [-0.15, -0.1) is 0 Å². The third kappa shape index (κ3) is 2.56. The van der Waals surface area contributed by atoms with Crippen LogP contribution in [-0.2, 0) is 10.0 Å². The van der Waals surface area contributed by atoms with Gasteiger partial charge in [-0.2, -0.15) is 0 Å². The minimum atomic E-state index is -3.42. The minimum absolute atomic E-state index is 0.342. The summed E-state index contributed by atoms with van der Waals surface area (Å²) in [4.78, 5) is 0.342. The second-order valence-electron chi connectivity index (χ2n) is 6.31. The Labute approximate surface area is 120 Å². The van der Waals surface area contributed by atoms with Crippen molar-refractivity contribution in [2.24, 2.45) is 17.8 Å². The Balaban J connectivity index is 1.69. The van der Waals surface area contributed by atoms with E-state index >= 15 is 0 Å². The molecule has 20 heavy (non-hydrogen) atoms. The molecule has 2 aliphatic rings. The number of sulfonamides is 1. The summed E-state index contributed by atoms with van der Waals surface area (Å²) in [7, 11) is -3.42. The van der Waals surface area contributed by atoms with Gasteiger partial charge in [0.15, 0.2) is 0 Å². The monoisotopic (exact) mass is 294 g/mol. The number of fused-ring (bicyclic) bond motifs is 2. The van der Waals surface area contributed by atoms with E-state index in [2.05, 4.69) is 4.72 Å². The van der Waals surface area contributed by atoms with Crippen LogP contribution in [0.25, 0.3) is 0 Å². The van der Waals surface area contributed by atoms with Gasteiger partial charge in [0.1, 0.15) is 0 Å². The lowest BCUT2D eigenvalue weighted by molar-refractivity contribution is 0.333. The molecule has 0 aliphatic heterocycles. The van der Waals surface area contributed by atoms with Crippen LogP contribution in [-0.4, -0.2) is 15.0 Å². The first-order valence-electron chi connectivity index (χ1n) is 7.31. The number of hydrogen-bond donors (Lipinski definition) is 2. The summed E-state index contributed by atoms with van der Waals surface area (Å²) in [5.74, 6) is 2.10.